The minimum absolute atomic E-state index is 0.0236. The Kier molecular flexibility index (Phi) is 12.7. The lowest BCUT2D eigenvalue weighted by Gasteiger charge is -2.27. The first-order valence-electron chi connectivity index (χ1n) is 14.6. The van der Waals surface area contributed by atoms with Crippen LogP contribution in [-0.2, 0) is 16.1 Å². The van der Waals surface area contributed by atoms with Crippen molar-refractivity contribution >= 4 is 68.6 Å². The molecule has 0 saturated heterocycles. The summed E-state index contributed by atoms with van der Waals surface area (Å²) in [5.41, 5.74) is 1.79. The first kappa shape index (κ1) is 37.4. The second-order valence-corrected chi connectivity index (χ2v) is 14.0. The molecule has 4 rings (SSSR count). The van der Waals surface area contributed by atoms with E-state index >= 15 is 4.39 Å². The summed E-state index contributed by atoms with van der Waals surface area (Å²) in [4.78, 5) is 30.9. The Morgan fingerprint density at radius 2 is 1.83 bits per heavy atom. The monoisotopic (exact) mass is 822 g/mol. The van der Waals surface area contributed by atoms with E-state index in [2.05, 4.69) is 47.5 Å². The molecule has 2 aromatic carbocycles. The Morgan fingerprint density at radius 1 is 1.10 bits per heavy atom. The molecule has 0 bridgehead atoms. The van der Waals surface area contributed by atoms with E-state index in [1.807, 2.05) is 0 Å². The molecular weight excluding hydrogens is 790 g/mol. The number of alkyl halides is 3. The molecule has 0 aliphatic carbocycles. The SMILES string of the molecule is CC(C)(C)OC(=O)N(CCC(=O)NCCCNc1cc(-c2ccncc2)c(F)c2c1cnn2PI)Cc1ccc(OC(F)(F)F)c(Cl)c1. The van der Waals surface area contributed by atoms with Gasteiger partial charge in [-0.05, 0) is 90.7 Å². The number of hydrogen-bond acceptors (Lipinski definition) is 7. The molecule has 0 saturated carbocycles. The fourth-order valence-electron chi connectivity index (χ4n) is 4.62. The maximum absolute atomic E-state index is 15.6. The standard InChI is InChI=1S/C31H33ClF4IN6O4P/c1-30(2,3)47-29(45)42(18-19-5-6-25(23(32)15-19)46-31(34,35)36)14-9-26(44)40-11-4-10-39-24-16-21(20-7-12-38-13-8-20)27(33)28-22(24)17-41-43(28)48-37/h5-8,12-13,15-17,39,48H,4,9-11,14,18H2,1-3H3,(H,40,44). The number of nitrogens with one attached hydrogen (secondary N) is 2. The average molecular weight is 823 g/mol. The van der Waals surface area contributed by atoms with E-state index in [1.54, 1.807) is 62.0 Å². The molecule has 258 valence electrons. The lowest BCUT2D eigenvalue weighted by Crippen LogP contribution is -2.39. The molecule has 0 aliphatic heterocycles. The second kappa shape index (κ2) is 16.3. The van der Waals surface area contributed by atoms with Gasteiger partial charge in [-0.2, -0.15) is 5.10 Å². The zero-order chi connectivity index (χ0) is 35.1. The van der Waals surface area contributed by atoms with Gasteiger partial charge in [-0.3, -0.25) is 9.78 Å². The number of amides is 2. The van der Waals surface area contributed by atoms with Crippen LogP contribution in [0.3, 0.4) is 0 Å². The first-order valence-corrected chi connectivity index (χ1v) is 19.1. The number of halogens is 6. The molecular formula is C31H33ClF4IN6O4P. The summed E-state index contributed by atoms with van der Waals surface area (Å²) in [5, 5.41) is 10.9. The highest BCUT2D eigenvalue weighted by Crippen LogP contribution is 2.38. The third kappa shape index (κ3) is 10.5. The highest BCUT2D eigenvalue weighted by Gasteiger charge is 2.32. The highest BCUT2D eigenvalue weighted by atomic mass is 127. The molecule has 10 nitrogen and oxygen atoms in total. The third-order valence-corrected chi connectivity index (χ3v) is 8.88. The summed E-state index contributed by atoms with van der Waals surface area (Å²) >= 11 is 8.13. The van der Waals surface area contributed by atoms with Crippen LogP contribution in [0.25, 0.3) is 22.0 Å². The van der Waals surface area contributed by atoms with Crippen molar-refractivity contribution in [1.82, 2.24) is 24.8 Å². The predicted octanol–water partition coefficient (Wildman–Crippen LogP) is 8.33. The van der Waals surface area contributed by atoms with Crippen molar-refractivity contribution in [2.75, 3.05) is 25.0 Å². The van der Waals surface area contributed by atoms with Crippen LogP contribution in [-0.4, -0.2) is 63.0 Å². The summed E-state index contributed by atoms with van der Waals surface area (Å²) < 4.78 is 64.5. The Balaban J connectivity index is 1.34. The maximum atomic E-state index is 15.6. The van der Waals surface area contributed by atoms with Gasteiger partial charge in [0.1, 0.15) is 16.9 Å². The van der Waals surface area contributed by atoms with E-state index < -0.39 is 23.8 Å². The smallest absolute Gasteiger partial charge is 0.444 e. The fourth-order valence-corrected chi connectivity index (χ4v) is 6.36. The molecule has 2 amide bonds. The summed E-state index contributed by atoms with van der Waals surface area (Å²) in [7, 11) is 0. The van der Waals surface area contributed by atoms with Crippen molar-refractivity contribution in [1.29, 1.82) is 0 Å². The molecule has 0 radical (unpaired) electrons. The average Bonchev–Trinajstić information content (AvgIpc) is 3.45. The van der Waals surface area contributed by atoms with Gasteiger partial charge in [0.15, 0.2) is 5.82 Å². The topological polar surface area (TPSA) is 111 Å². The number of rotatable bonds is 13. The molecule has 0 aliphatic rings. The first-order chi connectivity index (χ1) is 22.6. The van der Waals surface area contributed by atoms with Gasteiger partial charge in [0.25, 0.3) is 0 Å². The minimum Gasteiger partial charge on any atom is -0.444 e. The molecule has 0 fully saturated rings. The number of hydrogen-bond donors (Lipinski definition) is 2. The minimum atomic E-state index is -4.91. The molecule has 4 aromatic rings. The number of pyridine rings is 1. The Labute approximate surface area is 294 Å². The number of aromatic nitrogens is 3. The van der Waals surface area contributed by atoms with Crippen LogP contribution in [0.2, 0.25) is 5.02 Å². The van der Waals surface area contributed by atoms with Gasteiger partial charge in [0.2, 0.25) is 5.91 Å². The molecule has 48 heavy (non-hydrogen) atoms. The van der Waals surface area contributed by atoms with E-state index in [0.717, 1.165) is 6.07 Å². The van der Waals surface area contributed by atoms with Crippen LogP contribution in [0.1, 0.15) is 39.2 Å². The van der Waals surface area contributed by atoms with Crippen LogP contribution in [0, 0.1) is 5.82 Å². The zero-order valence-electron chi connectivity index (χ0n) is 26.1. The second-order valence-electron chi connectivity index (χ2n) is 11.5. The van der Waals surface area contributed by atoms with E-state index in [0.29, 0.717) is 52.8 Å². The summed E-state index contributed by atoms with van der Waals surface area (Å²) in [6.45, 7) is 5.77. The fraction of sp³-hybridized carbons (Fsp3) is 0.355. The van der Waals surface area contributed by atoms with Crippen molar-refractivity contribution in [3.05, 3.63) is 71.4 Å². The molecule has 2 aromatic heterocycles. The quantitative estimate of drug-likeness (QED) is 0.0604. The zero-order valence-corrected chi connectivity index (χ0v) is 30.0. The van der Waals surface area contributed by atoms with Gasteiger partial charge in [0, 0.05) is 61.6 Å². The largest absolute Gasteiger partial charge is 0.573 e. The van der Waals surface area contributed by atoms with Gasteiger partial charge in [-0.25, -0.2) is 13.6 Å². The van der Waals surface area contributed by atoms with E-state index in [1.165, 1.54) is 17.0 Å². The Morgan fingerprint density at radius 3 is 2.48 bits per heavy atom. The van der Waals surface area contributed by atoms with Gasteiger partial charge in [0.05, 0.1) is 17.6 Å². The van der Waals surface area contributed by atoms with Crippen molar-refractivity contribution < 1.29 is 36.6 Å². The van der Waals surface area contributed by atoms with Crippen LogP contribution < -0.4 is 15.4 Å². The van der Waals surface area contributed by atoms with Crippen molar-refractivity contribution in [2.45, 2.75) is 52.1 Å². The normalized spacial score (nSPS) is 12.0. The predicted molar refractivity (Wildman–Crippen MR) is 186 cm³/mol. The lowest BCUT2D eigenvalue weighted by atomic mass is 10.0. The number of nitrogens with zero attached hydrogens (tertiary/aromatic N) is 4. The number of carbonyl (C=O) groups excluding carboxylic acids is 2. The van der Waals surface area contributed by atoms with Crippen LogP contribution in [0.4, 0.5) is 28.0 Å². The Hall–Kier alpha value is -3.43. The van der Waals surface area contributed by atoms with Crippen LogP contribution in [0.5, 0.6) is 5.75 Å². The van der Waals surface area contributed by atoms with Gasteiger partial charge < -0.3 is 25.0 Å². The molecule has 17 heteroatoms. The number of ether oxygens (including phenoxy) is 2. The van der Waals surface area contributed by atoms with Crippen LogP contribution in [0.15, 0.2) is 55.0 Å². The maximum Gasteiger partial charge on any atom is 0.573 e. The van der Waals surface area contributed by atoms with Gasteiger partial charge >= 0.3 is 12.5 Å². The van der Waals surface area contributed by atoms with Crippen molar-refractivity contribution in [2.24, 2.45) is 0 Å². The summed E-state index contributed by atoms with van der Waals surface area (Å²) in [5.74, 6) is -1.25. The molecule has 0 spiro atoms. The third-order valence-electron chi connectivity index (χ3n) is 6.71. The summed E-state index contributed by atoms with van der Waals surface area (Å²) in [6, 6.07) is 8.88. The lowest BCUT2D eigenvalue weighted by molar-refractivity contribution is -0.274. The van der Waals surface area contributed by atoms with E-state index in [-0.39, 0.29) is 42.6 Å². The van der Waals surface area contributed by atoms with Gasteiger partial charge in [-0.15, -0.1) is 13.2 Å². The van der Waals surface area contributed by atoms with Crippen molar-refractivity contribution in [3.8, 4) is 16.9 Å². The van der Waals surface area contributed by atoms with Gasteiger partial charge in [-0.1, -0.05) is 17.7 Å². The summed E-state index contributed by atoms with van der Waals surface area (Å²) in [6.07, 6.45) is -0.0976. The molecule has 1 unspecified atom stereocenters. The Bertz CT molecular complexity index is 1740. The highest BCUT2D eigenvalue weighted by molar-refractivity contribution is 14.2. The number of anilines is 1. The molecule has 1 atom stereocenters. The van der Waals surface area contributed by atoms with E-state index in [9.17, 15) is 22.8 Å². The number of carbonyl (C=O) groups is 2. The molecule has 2 N–H and O–H groups in total. The van der Waals surface area contributed by atoms with Crippen molar-refractivity contribution in [3.63, 3.8) is 0 Å². The van der Waals surface area contributed by atoms with E-state index in [4.69, 9.17) is 16.3 Å². The molecule has 2 heterocycles. The van der Waals surface area contributed by atoms with Crippen LogP contribution >= 0.6 is 40.0 Å². The number of benzene rings is 2. The number of fused-ring (bicyclic) bond motifs is 1.